The molecule has 65 heavy (non-hydrogen) atoms. The fourth-order valence-corrected chi connectivity index (χ4v) is 9.90. The van der Waals surface area contributed by atoms with E-state index in [1.165, 1.54) is 38.2 Å². The maximum Gasteiger partial charge on any atom is 0.143 e. The largest absolute Gasteiger partial charge is 0.455 e. The van der Waals surface area contributed by atoms with Crippen molar-refractivity contribution in [2.24, 2.45) is 0 Å². The highest BCUT2D eigenvalue weighted by molar-refractivity contribution is 6.23. The minimum atomic E-state index is 0.895. The molecule has 304 valence electrons. The topological polar surface area (TPSA) is 29.5 Å². The molecule has 3 nitrogen and oxygen atoms in total. The van der Waals surface area contributed by atoms with Gasteiger partial charge in [0, 0.05) is 49.7 Å². The van der Waals surface area contributed by atoms with Gasteiger partial charge in [-0.05, 0) is 110 Å². The average molecular weight is 830 g/mol. The molecule has 0 aliphatic carbocycles. The molecule has 0 spiro atoms. The van der Waals surface area contributed by atoms with Crippen LogP contribution in [0.5, 0.6) is 0 Å². The number of anilines is 3. The molecule has 2 aromatic heterocycles. The lowest BCUT2D eigenvalue weighted by Crippen LogP contribution is -2.09. The number of hydrogen-bond donors (Lipinski definition) is 0. The Labute approximate surface area is 375 Å². The van der Waals surface area contributed by atoms with Crippen molar-refractivity contribution in [3.63, 3.8) is 0 Å². The third-order valence-electron chi connectivity index (χ3n) is 13.1. The molecule has 0 saturated carbocycles. The summed E-state index contributed by atoms with van der Waals surface area (Å²) in [4.78, 5) is 2.33. The maximum atomic E-state index is 6.64. The van der Waals surface area contributed by atoms with Crippen molar-refractivity contribution < 1.29 is 8.83 Å². The number of nitrogens with zero attached hydrogens (tertiary/aromatic N) is 1. The second kappa shape index (κ2) is 15.0. The van der Waals surface area contributed by atoms with Gasteiger partial charge in [-0.3, -0.25) is 0 Å². The van der Waals surface area contributed by atoms with Gasteiger partial charge in [0.1, 0.15) is 22.3 Å². The molecule has 2 heterocycles. The van der Waals surface area contributed by atoms with Gasteiger partial charge in [0.2, 0.25) is 0 Å². The van der Waals surface area contributed by atoms with Gasteiger partial charge in [-0.1, -0.05) is 182 Å². The summed E-state index contributed by atoms with van der Waals surface area (Å²) in [6.07, 6.45) is 0. The fraction of sp³-hybridized carbons (Fsp3) is 0. The monoisotopic (exact) mass is 829 g/mol. The zero-order chi connectivity index (χ0) is 42.8. The maximum absolute atomic E-state index is 6.64. The van der Waals surface area contributed by atoms with Gasteiger partial charge in [0.25, 0.3) is 0 Å². The van der Waals surface area contributed by atoms with Crippen LogP contribution in [0.2, 0.25) is 0 Å². The Kier molecular flexibility index (Phi) is 8.53. The van der Waals surface area contributed by atoms with Crippen LogP contribution in [0.25, 0.3) is 110 Å². The van der Waals surface area contributed by atoms with Crippen molar-refractivity contribution in [3.8, 4) is 44.5 Å². The Balaban J connectivity index is 0.904. The van der Waals surface area contributed by atoms with Crippen molar-refractivity contribution in [2.75, 3.05) is 4.90 Å². The minimum Gasteiger partial charge on any atom is -0.455 e. The molecule has 0 aliphatic heterocycles. The summed E-state index contributed by atoms with van der Waals surface area (Å²) in [5.74, 6) is 0. The second-order valence-corrected chi connectivity index (χ2v) is 16.8. The predicted octanol–water partition coefficient (Wildman–Crippen LogP) is 17.9. The van der Waals surface area contributed by atoms with E-state index in [1.54, 1.807) is 0 Å². The van der Waals surface area contributed by atoms with Crippen LogP contribution in [0.15, 0.2) is 245 Å². The molecule has 0 atom stereocenters. The molecule has 13 rings (SSSR count). The quantitative estimate of drug-likeness (QED) is 0.160. The molecule has 3 heteroatoms. The van der Waals surface area contributed by atoms with E-state index in [4.69, 9.17) is 8.83 Å². The number of benzene rings is 11. The first-order valence-electron chi connectivity index (χ1n) is 22.1. The molecular formula is C62H39NO2. The van der Waals surface area contributed by atoms with Crippen LogP contribution in [-0.4, -0.2) is 0 Å². The van der Waals surface area contributed by atoms with E-state index in [2.05, 4.69) is 235 Å². The first-order valence-corrected chi connectivity index (χ1v) is 22.1. The number of furan rings is 2. The Morgan fingerprint density at radius 2 is 0.738 bits per heavy atom. The van der Waals surface area contributed by atoms with Gasteiger partial charge in [-0.15, -0.1) is 0 Å². The molecule has 13 aromatic rings. The summed E-state index contributed by atoms with van der Waals surface area (Å²) in [5, 5.41) is 9.37. The fourth-order valence-electron chi connectivity index (χ4n) is 9.90. The molecule has 0 bridgehead atoms. The van der Waals surface area contributed by atoms with Crippen molar-refractivity contribution >= 4 is 82.5 Å². The third-order valence-corrected chi connectivity index (χ3v) is 13.1. The van der Waals surface area contributed by atoms with Gasteiger partial charge in [0.15, 0.2) is 0 Å². The van der Waals surface area contributed by atoms with Crippen molar-refractivity contribution in [1.82, 2.24) is 0 Å². The van der Waals surface area contributed by atoms with E-state index >= 15 is 0 Å². The average Bonchev–Trinajstić information content (AvgIpc) is 3.97. The summed E-state index contributed by atoms with van der Waals surface area (Å²) in [7, 11) is 0. The van der Waals surface area contributed by atoms with Crippen LogP contribution in [-0.2, 0) is 0 Å². The molecular weight excluding hydrogens is 791 g/mol. The van der Waals surface area contributed by atoms with Crippen LogP contribution in [0.1, 0.15) is 0 Å². The summed E-state index contributed by atoms with van der Waals surface area (Å²) >= 11 is 0. The van der Waals surface area contributed by atoms with E-state index in [0.29, 0.717) is 0 Å². The summed E-state index contributed by atoms with van der Waals surface area (Å²) in [6.45, 7) is 0. The smallest absolute Gasteiger partial charge is 0.143 e. The van der Waals surface area contributed by atoms with E-state index < -0.39 is 0 Å². The van der Waals surface area contributed by atoms with E-state index in [0.717, 1.165) is 88.8 Å². The lowest BCUT2D eigenvalue weighted by atomic mass is 9.96. The van der Waals surface area contributed by atoms with E-state index in [-0.39, 0.29) is 0 Å². The van der Waals surface area contributed by atoms with E-state index in [9.17, 15) is 0 Å². The highest BCUT2D eigenvalue weighted by Crippen LogP contribution is 2.44. The zero-order valence-corrected chi connectivity index (χ0v) is 35.3. The number of hydrogen-bond acceptors (Lipinski definition) is 3. The van der Waals surface area contributed by atoms with Crippen LogP contribution < -0.4 is 4.90 Å². The van der Waals surface area contributed by atoms with Gasteiger partial charge >= 0.3 is 0 Å². The van der Waals surface area contributed by atoms with Crippen LogP contribution >= 0.6 is 0 Å². The van der Waals surface area contributed by atoms with Crippen LogP contribution in [0, 0.1) is 0 Å². The summed E-state index contributed by atoms with van der Waals surface area (Å²) in [6, 6.07) is 84.5. The summed E-state index contributed by atoms with van der Waals surface area (Å²) in [5.41, 5.74) is 15.9. The van der Waals surface area contributed by atoms with Crippen molar-refractivity contribution in [3.05, 3.63) is 237 Å². The third kappa shape index (κ3) is 6.20. The van der Waals surface area contributed by atoms with Crippen LogP contribution in [0.4, 0.5) is 17.1 Å². The van der Waals surface area contributed by atoms with Gasteiger partial charge in [0.05, 0.1) is 0 Å². The Morgan fingerprint density at radius 3 is 1.40 bits per heavy atom. The molecule has 0 N–H and O–H groups in total. The molecule has 0 radical (unpaired) electrons. The second-order valence-electron chi connectivity index (χ2n) is 16.8. The normalized spacial score (nSPS) is 11.7. The molecule has 11 aromatic carbocycles. The Hall–Kier alpha value is -8.66. The molecule has 0 amide bonds. The van der Waals surface area contributed by atoms with Gasteiger partial charge < -0.3 is 13.7 Å². The van der Waals surface area contributed by atoms with Crippen molar-refractivity contribution in [1.29, 1.82) is 0 Å². The lowest BCUT2D eigenvalue weighted by molar-refractivity contribution is 0.670. The first kappa shape index (κ1) is 36.9. The molecule has 0 aliphatic rings. The zero-order valence-electron chi connectivity index (χ0n) is 35.3. The minimum absolute atomic E-state index is 0.895. The standard InChI is InChI=1S/C62H39NO2/c1-2-11-40(12-3-1)41-21-23-42(24-22-41)43-25-32-48(33-26-43)63(49-34-27-45(28-35-49)53-18-10-19-55-59-51-15-6-4-13-44(51)31-38-58(59)65-61(53)55)50-36-29-46(30-37-50)56-39-47-14-5-7-16-52(47)60-54-17-8-9-20-57(54)64-62(56)60/h1-39H. The Morgan fingerprint density at radius 1 is 0.262 bits per heavy atom. The highest BCUT2D eigenvalue weighted by Gasteiger charge is 2.19. The summed E-state index contributed by atoms with van der Waals surface area (Å²) < 4.78 is 13.3. The van der Waals surface area contributed by atoms with Gasteiger partial charge in [-0.2, -0.15) is 0 Å². The van der Waals surface area contributed by atoms with Crippen molar-refractivity contribution in [2.45, 2.75) is 0 Å². The number of fused-ring (bicyclic) bond motifs is 10. The predicted molar refractivity (Wildman–Crippen MR) is 272 cm³/mol. The first-order chi connectivity index (χ1) is 32.2. The van der Waals surface area contributed by atoms with E-state index in [1.807, 2.05) is 6.07 Å². The molecule has 0 unspecified atom stereocenters. The van der Waals surface area contributed by atoms with Gasteiger partial charge in [-0.25, -0.2) is 0 Å². The molecule has 0 fully saturated rings. The lowest BCUT2D eigenvalue weighted by Gasteiger charge is -2.26. The van der Waals surface area contributed by atoms with Crippen LogP contribution in [0.3, 0.4) is 0 Å². The number of para-hydroxylation sites is 2. The molecule has 0 saturated heterocycles. The number of rotatable bonds is 7. The highest BCUT2D eigenvalue weighted by atomic mass is 16.3. The Bertz CT molecular complexity index is 3900. The SMILES string of the molecule is c1ccc(-c2ccc(-c3ccc(N(c4ccc(-c5cccc6c5oc5ccc7ccccc7c56)cc4)c4ccc(-c5cc6ccccc6c6c5oc5ccccc56)cc4)cc3)cc2)cc1.